The van der Waals surface area contributed by atoms with Crippen molar-refractivity contribution in [2.45, 2.75) is 32.4 Å². The number of aliphatic hydroxyl groups is 1. The van der Waals surface area contributed by atoms with E-state index in [1.165, 1.54) is 0 Å². The maximum atomic E-state index is 11.4. The van der Waals surface area contributed by atoms with E-state index in [1.54, 1.807) is 11.8 Å². The molecule has 100 valence electrons. The summed E-state index contributed by atoms with van der Waals surface area (Å²) in [4.78, 5) is 21.9. The molecule has 0 fully saturated rings. The lowest BCUT2D eigenvalue weighted by atomic mass is 10.2. The normalized spacial score (nSPS) is 13.8. The minimum absolute atomic E-state index is 0.0258. The molecular weight excluding hydrogens is 244 g/mol. The zero-order chi connectivity index (χ0) is 13.3. The van der Waals surface area contributed by atoms with Gasteiger partial charge in [0.1, 0.15) is 0 Å². The van der Waals surface area contributed by atoms with Gasteiger partial charge in [-0.2, -0.15) is 11.8 Å². The molecule has 0 radical (unpaired) electrons. The largest absolute Gasteiger partial charge is 0.480 e. The van der Waals surface area contributed by atoms with Crippen molar-refractivity contribution >= 4 is 23.8 Å². The first-order chi connectivity index (χ1) is 8.01. The fourth-order valence-electron chi connectivity index (χ4n) is 1.09. The number of thioether (sulfide) groups is 1. The topological polar surface area (TPSA) is 98.7 Å². The smallest absolute Gasteiger partial charge is 0.328 e. The van der Waals surface area contributed by atoms with Gasteiger partial charge in [-0.15, -0.1) is 0 Å². The summed E-state index contributed by atoms with van der Waals surface area (Å²) < 4.78 is 0. The molecule has 0 bridgehead atoms. The van der Waals surface area contributed by atoms with Crippen molar-refractivity contribution in [1.82, 2.24) is 10.6 Å². The van der Waals surface area contributed by atoms with Gasteiger partial charge in [0.2, 0.25) is 0 Å². The van der Waals surface area contributed by atoms with Crippen molar-refractivity contribution in [3.05, 3.63) is 0 Å². The number of hydrogen-bond acceptors (Lipinski definition) is 4. The monoisotopic (exact) mass is 264 g/mol. The van der Waals surface area contributed by atoms with Gasteiger partial charge < -0.3 is 20.8 Å². The molecule has 6 nitrogen and oxygen atoms in total. The Morgan fingerprint density at radius 3 is 2.47 bits per heavy atom. The Hall–Kier alpha value is -0.950. The van der Waals surface area contributed by atoms with Crippen LogP contribution in [-0.2, 0) is 4.79 Å². The summed E-state index contributed by atoms with van der Waals surface area (Å²) in [5.41, 5.74) is 0. The minimum atomic E-state index is -1.26. The number of hydrogen-bond donors (Lipinski definition) is 4. The highest BCUT2D eigenvalue weighted by molar-refractivity contribution is 7.99. The molecule has 0 aliphatic heterocycles. The molecule has 4 N–H and O–H groups in total. The van der Waals surface area contributed by atoms with Crippen LogP contribution in [0.25, 0.3) is 0 Å². The van der Waals surface area contributed by atoms with E-state index < -0.39 is 24.6 Å². The van der Waals surface area contributed by atoms with Crippen LogP contribution in [-0.4, -0.2) is 52.4 Å². The Bertz CT molecular complexity index is 250. The number of aliphatic carboxylic acids is 1. The molecule has 0 heterocycles. The molecule has 17 heavy (non-hydrogen) atoms. The molecule has 0 aromatic heterocycles. The van der Waals surface area contributed by atoms with Crippen molar-refractivity contribution in [1.29, 1.82) is 0 Å². The van der Waals surface area contributed by atoms with E-state index in [0.29, 0.717) is 0 Å². The number of urea groups is 1. The van der Waals surface area contributed by atoms with Crippen LogP contribution in [0.15, 0.2) is 0 Å². The molecule has 7 heteroatoms. The van der Waals surface area contributed by atoms with E-state index in [-0.39, 0.29) is 6.04 Å². The Labute approximate surface area is 105 Å². The number of nitrogens with one attached hydrogen (secondary N) is 2. The Balaban J connectivity index is 3.87. The minimum Gasteiger partial charge on any atom is -0.480 e. The predicted molar refractivity (Wildman–Crippen MR) is 67.3 cm³/mol. The molecule has 0 spiro atoms. The SMILES string of the molecule is CCSCCC(C)NC(=O)N[C@H](CO)C(=O)O. The lowest BCUT2D eigenvalue weighted by molar-refractivity contribution is -0.140. The molecule has 2 atom stereocenters. The highest BCUT2D eigenvalue weighted by atomic mass is 32.2. The molecule has 0 aliphatic carbocycles. The van der Waals surface area contributed by atoms with E-state index in [4.69, 9.17) is 10.2 Å². The van der Waals surface area contributed by atoms with Crippen LogP contribution >= 0.6 is 11.8 Å². The molecule has 0 rings (SSSR count). The number of amides is 2. The molecule has 0 aliphatic rings. The van der Waals surface area contributed by atoms with Gasteiger partial charge in [-0.25, -0.2) is 9.59 Å². The van der Waals surface area contributed by atoms with E-state index in [9.17, 15) is 9.59 Å². The Morgan fingerprint density at radius 2 is 2.00 bits per heavy atom. The molecule has 0 saturated carbocycles. The van der Waals surface area contributed by atoms with Crippen LogP contribution in [0, 0.1) is 0 Å². The molecule has 0 aromatic rings. The second-order valence-corrected chi connectivity index (χ2v) is 4.97. The maximum Gasteiger partial charge on any atom is 0.328 e. The zero-order valence-electron chi connectivity index (χ0n) is 10.1. The summed E-state index contributed by atoms with van der Waals surface area (Å²) >= 11 is 1.78. The van der Waals surface area contributed by atoms with Gasteiger partial charge in [-0.05, 0) is 24.9 Å². The van der Waals surface area contributed by atoms with Crippen LogP contribution < -0.4 is 10.6 Å². The predicted octanol–water partition coefficient (Wildman–Crippen LogP) is 0.263. The van der Waals surface area contributed by atoms with E-state index >= 15 is 0 Å². The fourth-order valence-corrected chi connectivity index (χ4v) is 1.89. The quantitative estimate of drug-likeness (QED) is 0.471. The van der Waals surface area contributed by atoms with Crippen molar-refractivity contribution in [2.75, 3.05) is 18.1 Å². The third-order valence-electron chi connectivity index (χ3n) is 2.06. The first-order valence-electron chi connectivity index (χ1n) is 5.49. The van der Waals surface area contributed by atoms with Gasteiger partial charge in [0.05, 0.1) is 6.61 Å². The molecule has 1 unspecified atom stereocenters. The summed E-state index contributed by atoms with van der Waals surface area (Å²) in [6.45, 7) is 3.29. The van der Waals surface area contributed by atoms with Crippen LogP contribution in [0.2, 0.25) is 0 Å². The lowest BCUT2D eigenvalue weighted by Crippen LogP contribution is -2.50. The number of carbonyl (C=O) groups excluding carboxylic acids is 1. The number of carboxylic acid groups (broad SMARTS) is 1. The van der Waals surface area contributed by atoms with Crippen molar-refractivity contribution in [2.24, 2.45) is 0 Å². The van der Waals surface area contributed by atoms with Gasteiger partial charge in [-0.1, -0.05) is 6.92 Å². The second-order valence-electron chi connectivity index (χ2n) is 3.58. The van der Waals surface area contributed by atoms with Crippen LogP contribution in [0.4, 0.5) is 4.79 Å². The molecule has 2 amide bonds. The third-order valence-corrected chi connectivity index (χ3v) is 3.00. The van der Waals surface area contributed by atoms with E-state index in [1.807, 2.05) is 6.92 Å². The first kappa shape index (κ1) is 16.1. The number of carbonyl (C=O) groups is 2. The standard InChI is InChI=1S/C10H20N2O4S/c1-3-17-5-4-7(2)11-10(16)12-8(6-13)9(14)15/h7-8,13H,3-6H2,1-2H3,(H,14,15)(H2,11,12,16)/t7?,8-/m1/s1. The number of aliphatic hydroxyl groups excluding tert-OH is 1. The van der Waals surface area contributed by atoms with Gasteiger partial charge >= 0.3 is 12.0 Å². The average molecular weight is 264 g/mol. The summed E-state index contributed by atoms with van der Waals surface area (Å²) in [5, 5.41) is 22.2. The van der Waals surface area contributed by atoms with Gasteiger partial charge in [-0.3, -0.25) is 0 Å². The summed E-state index contributed by atoms with van der Waals surface area (Å²) in [6, 6.07) is -1.85. The Kier molecular flexibility index (Phi) is 8.61. The summed E-state index contributed by atoms with van der Waals surface area (Å²) in [5.74, 6) is 0.724. The zero-order valence-corrected chi connectivity index (χ0v) is 10.9. The van der Waals surface area contributed by atoms with E-state index in [0.717, 1.165) is 17.9 Å². The fraction of sp³-hybridized carbons (Fsp3) is 0.800. The molecule has 0 saturated heterocycles. The third kappa shape index (κ3) is 7.87. The van der Waals surface area contributed by atoms with Gasteiger partial charge in [0, 0.05) is 6.04 Å². The average Bonchev–Trinajstić information content (AvgIpc) is 2.25. The van der Waals surface area contributed by atoms with Crippen LogP contribution in [0.1, 0.15) is 20.3 Å². The Morgan fingerprint density at radius 1 is 1.35 bits per heavy atom. The molecule has 0 aromatic carbocycles. The second kappa shape index (κ2) is 9.12. The van der Waals surface area contributed by atoms with Crippen molar-refractivity contribution < 1.29 is 19.8 Å². The van der Waals surface area contributed by atoms with Crippen LogP contribution in [0.3, 0.4) is 0 Å². The highest BCUT2D eigenvalue weighted by Gasteiger charge is 2.19. The summed E-state index contributed by atoms with van der Waals surface area (Å²) in [7, 11) is 0. The maximum absolute atomic E-state index is 11.4. The molecular formula is C10H20N2O4S. The van der Waals surface area contributed by atoms with Crippen LogP contribution in [0.5, 0.6) is 0 Å². The van der Waals surface area contributed by atoms with Gasteiger partial charge in [0.25, 0.3) is 0 Å². The first-order valence-corrected chi connectivity index (χ1v) is 6.65. The lowest BCUT2D eigenvalue weighted by Gasteiger charge is -2.16. The number of rotatable bonds is 8. The van der Waals surface area contributed by atoms with Crippen molar-refractivity contribution in [3.63, 3.8) is 0 Å². The highest BCUT2D eigenvalue weighted by Crippen LogP contribution is 2.03. The van der Waals surface area contributed by atoms with E-state index in [2.05, 4.69) is 17.6 Å². The van der Waals surface area contributed by atoms with Gasteiger partial charge in [0.15, 0.2) is 6.04 Å². The summed E-state index contributed by atoms with van der Waals surface area (Å²) in [6.07, 6.45) is 0.822. The number of carboxylic acids is 1. The van der Waals surface area contributed by atoms with Crippen molar-refractivity contribution in [3.8, 4) is 0 Å².